The Morgan fingerprint density at radius 3 is 2.70 bits per heavy atom. The van der Waals surface area contributed by atoms with Crippen LogP contribution in [-0.4, -0.2) is 13.7 Å². The van der Waals surface area contributed by atoms with E-state index in [0.29, 0.717) is 0 Å². The van der Waals surface area contributed by atoms with Crippen LogP contribution >= 0.6 is 22.9 Å². The minimum Gasteiger partial charge on any atom is -0.494 e. The third kappa shape index (κ3) is 3.51. The molecule has 0 fully saturated rings. The molecule has 2 rings (SSSR count). The molecule has 0 aliphatic rings. The van der Waals surface area contributed by atoms with Crippen LogP contribution < -0.4 is 10.1 Å². The molecule has 0 saturated carbocycles. The lowest BCUT2D eigenvalue weighted by Gasteiger charge is -2.18. The molecule has 1 unspecified atom stereocenters. The second kappa shape index (κ2) is 7.07. The number of methoxy groups -OCH3 is 1. The van der Waals surface area contributed by atoms with Crippen molar-refractivity contribution in [1.29, 1.82) is 0 Å². The van der Waals surface area contributed by atoms with Gasteiger partial charge in [0.15, 0.2) is 11.6 Å². The Balaban J connectivity index is 2.33. The van der Waals surface area contributed by atoms with Gasteiger partial charge in [-0.05, 0) is 42.8 Å². The summed E-state index contributed by atoms with van der Waals surface area (Å²) >= 11 is 7.51. The van der Waals surface area contributed by atoms with E-state index in [1.54, 1.807) is 6.07 Å². The Morgan fingerprint density at radius 1 is 1.35 bits per heavy atom. The van der Waals surface area contributed by atoms with E-state index in [2.05, 4.69) is 12.2 Å². The number of hydrogen-bond acceptors (Lipinski definition) is 3. The van der Waals surface area contributed by atoms with Crippen molar-refractivity contribution in [3.63, 3.8) is 0 Å². The minimum absolute atomic E-state index is 0.0483. The molecule has 0 aliphatic carbocycles. The van der Waals surface area contributed by atoms with Crippen LogP contribution in [0.4, 0.5) is 4.39 Å². The lowest BCUT2D eigenvalue weighted by Crippen LogP contribution is -2.22. The SMILES string of the molecule is CCCNC(c1ccc(OC)c(F)c1)c1ccc(Cl)s1. The first kappa shape index (κ1) is 15.3. The first-order valence-corrected chi connectivity index (χ1v) is 7.67. The Labute approximate surface area is 127 Å². The lowest BCUT2D eigenvalue weighted by molar-refractivity contribution is 0.385. The maximum absolute atomic E-state index is 13.9. The number of benzene rings is 1. The fourth-order valence-electron chi connectivity index (χ4n) is 2.02. The van der Waals surface area contributed by atoms with E-state index in [0.717, 1.165) is 27.7 Å². The van der Waals surface area contributed by atoms with Crippen LogP contribution in [0, 0.1) is 5.82 Å². The number of ether oxygens (including phenoxy) is 1. The van der Waals surface area contributed by atoms with Gasteiger partial charge in [0, 0.05) is 4.88 Å². The molecule has 0 amide bonds. The molecule has 0 bridgehead atoms. The van der Waals surface area contributed by atoms with Gasteiger partial charge in [-0.1, -0.05) is 24.6 Å². The molecule has 0 saturated heterocycles. The summed E-state index contributed by atoms with van der Waals surface area (Å²) in [5, 5.41) is 3.42. The topological polar surface area (TPSA) is 21.3 Å². The highest BCUT2D eigenvalue weighted by Crippen LogP contribution is 2.32. The monoisotopic (exact) mass is 313 g/mol. The Morgan fingerprint density at radius 2 is 2.15 bits per heavy atom. The van der Waals surface area contributed by atoms with Gasteiger partial charge in [0.05, 0.1) is 17.5 Å². The molecule has 0 radical (unpaired) electrons. The highest BCUT2D eigenvalue weighted by molar-refractivity contribution is 7.16. The second-order valence-electron chi connectivity index (χ2n) is 4.42. The molecule has 108 valence electrons. The first-order chi connectivity index (χ1) is 9.65. The van der Waals surface area contributed by atoms with Crippen LogP contribution in [0.2, 0.25) is 4.34 Å². The smallest absolute Gasteiger partial charge is 0.165 e. The van der Waals surface area contributed by atoms with Crippen LogP contribution in [0.1, 0.15) is 29.8 Å². The average molecular weight is 314 g/mol. The van der Waals surface area contributed by atoms with Crippen molar-refractivity contribution in [1.82, 2.24) is 5.32 Å². The van der Waals surface area contributed by atoms with E-state index in [1.165, 1.54) is 24.5 Å². The normalized spacial score (nSPS) is 12.4. The van der Waals surface area contributed by atoms with Gasteiger partial charge in [-0.25, -0.2) is 4.39 Å². The number of thiophene rings is 1. The van der Waals surface area contributed by atoms with E-state index in [-0.39, 0.29) is 17.6 Å². The predicted octanol–water partition coefficient (Wildman–Crippen LogP) is 4.64. The van der Waals surface area contributed by atoms with Gasteiger partial charge in [-0.15, -0.1) is 11.3 Å². The number of nitrogens with one attached hydrogen (secondary N) is 1. The summed E-state index contributed by atoms with van der Waals surface area (Å²) in [6.45, 7) is 2.95. The summed E-state index contributed by atoms with van der Waals surface area (Å²) in [5.41, 5.74) is 0.871. The number of halogens is 2. The van der Waals surface area contributed by atoms with Gasteiger partial charge in [-0.2, -0.15) is 0 Å². The summed E-state index contributed by atoms with van der Waals surface area (Å²) in [6.07, 6.45) is 1.01. The zero-order valence-corrected chi connectivity index (χ0v) is 13.0. The van der Waals surface area contributed by atoms with E-state index in [9.17, 15) is 4.39 Å². The van der Waals surface area contributed by atoms with Gasteiger partial charge >= 0.3 is 0 Å². The van der Waals surface area contributed by atoms with Gasteiger partial charge in [0.2, 0.25) is 0 Å². The highest BCUT2D eigenvalue weighted by Gasteiger charge is 2.17. The molecule has 1 aromatic carbocycles. The number of rotatable bonds is 6. The van der Waals surface area contributed by atoms with Crippen molar-refractivity contribution in [2.45, 2.75) is 19.4 Å². The summed E-state index contributed by atoms with van der Waals surface area (Å²) in [5.74, 6) is -0.0943. The van der Waals surface area contributed by atoms with Crippen LogP contribution in [0.15, 0.2) is 30.3 Å². The van der Waals surface area contributed by atoms with Gasteiger partial charge < -0.3 is 10.1 Å². The Kier molecular flexibility index (Phi) is 5.40. The summed E-state index contributed by atoms with van der Waals surface area (Å²) in [6, 6.07) is 8.83. The molecule has 0 spiro atoms. The first-order valence-electron chi connectivity index (χ1n) is 6.47. The molecule has 1 aromatic heterocycles. The van der Waals surface area contributed by atoms with Crippen LogP contribution in [0.5, 0.6) is 5.75 Å². The fourth-order valence-corrected chi connectivity index (χ4v) is 3.18. The molecule has 5 heteroatoms. The van der Waals surface area contributed by atoms with Gasteiger partial charge in [0.1, 0.15) is 0 Å². The molecule has 2 nitrogen and oxygen atoms in total. The van der Waals surface area contributed by atoms with E-state index in [4.69, 9.17) is 16.3 Å². The van der Waals surface area contributed by atoms with Crippen molar-refractivity contribution in [3.8, 4) is 5.75 Å². The van der Waals surface area contributed by atoms with E-state index >= 15 is 0 Å². The standard InChI is InChI=1S/C15H17ClFNOS/c1-3-8-18-15(13-6-7-14(16)20-13)10-4-5-12(19-2)11(17)9-10/h4-7,9,15,18H,3,8H2,1-2H3. The molecule has 1 N–H and O–H groups in total. The van der Waals surface area contributed by atoms with Gasteiger partial charge in [0.25, 0.3) is 0 Å². The van der Waals surface area contributed by atoms with Crippen LogP contribution in [-0.2, 0) is 0 Å². The Hall–Kier alpha value is -1.10. The minimum atomic E-state index is -0.351. The van der Waals surface area contributed by atoms with E-state index in [1.807, 2.05) is 18.2 Å². The summed E-state index contributed by atoms with van der Waals surface area (Å²) in [7, 11) is 1.46. The fraction of sp³-hybridized carbons (Fsp3) is 0.333. The molecular formula is C15H17ClFNOS. The molecule has 2 aromatic rings. The second-order valence-corrected chi connectivity index (χ2v) is 6.17. The van der Waals surface area contributed by atoms with Crippen molar-refractivity contribution >= 4 is 22.9 Å². The summed E-state index contributed by atoms with van der Waals surface area (Å²) < 4.78 is 19.6. The lowest BCUT2D eigenvalue weighted by atomic mass is 10.0. The van der Waals surface area contributed by atoms with E-state index < -0.39 is 0 Å². The third-order valence-electron chi connectivity index (χ3n) is 2.99. The van der Waals surface area contributed by atoms with Crippen molar-refractivity contribution in [2.24, 2.45) is 0 Å². The molecule has 1 atom stereocenters. The van der Waals surface area contributed by atoms with Crippen molar-refractivity contribution < 1.29 is 9.13 Å². The van der Waals surface area contributed by atoms with Crippen LogP contribution in [0.25, 0.3) is 0 Å². The molecule has 1 heterocycles. The largest absolute Gasteiger partial charge is 0.494 e. The van der Waals surface area contributed by atoms with Crippen molar-refractivity contribution in [3.05, 3.63) is 50.9 Å². The molecular weight excluding hydrogens is 297 g/mol. The van der Waals surface area contributed by atoms with Crippen molar-refractivity contribution in [2.75, 3.05) is 13.7 Å². The zero-order valence-electron chi connectivity index (χ0n) is 11.5. The predicted molar refractivity (Wildman–Crippen MR) is 82.4 cm³/mol. The zero-order chi connectivity index (χ0) is 14.5. The Bertz CT molecular complexity index is 573. The maximum atomic E-state index is 13.9. The molecule has 20 heavy (non-hydrogen) atoms. The quantitative estimate of drug-likeness (QED) is 0.839. The third-order valence-corrected chi connectivity index (χ3v) is 4.28. The number of hydrogen-bond donors (Lipinski definition) is 1. The molecule has 0 aliphatic heterocycles. The van der Waals surface area contributed by atoms with Crippen LogP contribution in [0.3, 0.4) is 0 Å². The highest BCUT2D eigenvalue weighted by atomic mass is 35.5. The average Bonchev–Trinajstić information content (AvgIpc) is 2.86. The van der Waals surface area contributed by atoms with Gasteiger partial charge in [-0.3, -0.25) is 0 Å². The maximum Gasteiger partial charge on any atom is 0.165 e. The summed E-state index contributed by atoms with van der Waals surface area (Å²) in [4.78, 5) is 1.08.